The van der Waals surface area contributed by atoms with Gasteiger partial charge in [-0.1, -0.05) is 6.07 Å². The molecule has 76 valence electrons. The minimum atomic E-state index is -1.00. The van der Waals surface area contributed by atoms with Crippen molar-refractivity contribution in [2.45, 2.75) is 18.1 Å². The first-order valence-electron chi connectivity index (χ1n) is 4.34. The van der Waals surface area contributed by atoms with Crippen molar-refractivity contribution < 1.29 is 15.0 Å². The molecule has 1 fully saturated rings. The van der Waals surface area contributed by atoms with E-state index in [4.69, 9.17) is 5.11 Å². The van der Waals surface area contributed by atoms with Gasteiger partial charge in [-0.3, -0.25) is 4.79 Å². The highest BCUT2D eigenvalue weighted by Crippen LogP contribution is 2.33. The number of hydrogen-bond donors (Lipinski definition) is 3. The zero-order valence-corrected chi connectivity index (χ0v) is 8.25. The van der Waals surface area contributed by atoms with Crippen molar-refractivity contribution >= 4 is 17.3 Å². The van der Waals surface area contributed by atoms with Crippen molar-refractivity contribution in [3.05, 3.63) is 22.4 Å². The number of β-amino-alcohol motifs (C(OH)–C–C–N with tert-alkyl or cyclic N) is 1. The lowest BCUT2D eigenvalue weighted by Gasteiger charge is -2.19. The molecule has 0 aromatic carbocycles. The van der Waals surface area contributed by atoms with Crippen LogP contribution in [0, 0.1) is 0 Å². The van der Waals surface area contributed by atoms with Gasteiger partial charge in [0.25, 0.3) is 0 Å². The second-order valence-corrected chi connectivity index (χ2v) is 4.43. The lowest BCUT2D eigenvalue weighted by atomic mass is 9.98. The fourth-order valence-electron chi connectivity index (χ4n) is 1.68. The molecule has 1 aliphatic heterocycles. The molecule has 2 heterocycles. The van der Waals surface area contributed by atoms with Gasteiger partial charge in [0.05, 0.1) is 0 Å². The Bertz CT molecular complexity index is 338. The maximum atomic E-state index is 10.7. The monoisotopic (exact) mass is 213 g/mol. The first-order valence-corrected chi connectivity index (χ1v) is 5.22. The van der Waals surface area contributed by atoms with Crippen LogP contribution in [0.25, 0.3) is 0 Å². The molecule has 0 bridgehead atoms. The van der Waals surface area contributed by atoms with Crippen LogP contribution in [0.4, 0.5) is 0 Å². The molecule has 1 aromatic heterocycles. The quantitative estimate of drug-likeness (QED) is 0.664. The number of rotatable bonds is 2. The van der Waals surface area contributed by atoms with Crippen LogP contribution in [0.3, 0.4) is 0 Å². The third-order valence-corrected chi connectivity index (χ3v) is 3.52. The van der Waals surface area contributed by atoms with E-state index in [9.17, 15) is 9.90 Å². The molecule has 0 radical (unpaired) electrons. The number of hydrogen-bond acceptors (Lipinski definition) is 4. The van der Waals surface area contributed by atoms with E-state index in [2.05, 4.69) is 5.32 Å². The molecule has 14 heavy (non-hydrogen) atoms. The van der Waals surface area contributed by atoms with E-state index >= 15 is 0 Å². The zero-order valence-electron chi connectivity index (χ0n) is 7.43. The van der Waals surface area contributed by atoms with Gasteiger partial charge in [0, 0.05) is 17.8 Å². The Kier molecular flexibility index (Phi) is 2.30. The molecule has 1 aromatic rings. The number of thiophene rings is 1. The van der Waals surface area contributed by atoms with Gasteiger partial charge in [-0.15, -0.1) is 11.3 Å². The second-order valence-electron chi connectivity index (χ2n) is 3.48. The van der Waals surface area contributed by atoms with Crippen molar-refractivity contribution in [3.8, 4) is 0 Å². The van der Waals surface area contributed by atoms with Crippen molar-refractivity contribution in [1.82, 2.24) is 5.32 Å². The van der Waals surface area contributed by atoms with Gasteiger partial charge in [-0.2, -0.15) is 0 Å². The van der Waals surface area contributed by atoms with E-state index in [1.54, 1.807) is 0 Å². The summed E-state index contributed by atoms with van der Waals surface area (Å²) in [6.45, 7) is 0.310. The number of aliphatic carboxylic acids is 1. The van der Waals surface area contributed by atoms with E-state index in [-0.39, 0.29) is 6.42 Å². The summed E-state index contributed by atoms with van der Waals surface area (Å²) in [4.78, 5) is 11.5. The zero-order chi connectivity index (χ0) is 10.2. The third-order valence-electron chi connectivity index (χ3n) is 2.46. The SMILES string of the molecule is O=C(O)[C@@H]1CC(O)(c2cccs2)CN1. The molecule has 5 heteroatoms. The van der Waals surface area contributed by atoms with Crippen LogP contribution in [0.15, 0.2) is 17.5 Å². The Morgan fingerprint density at radius 1 is 1.71 bits per heavy atom. The van der Waals surface area contributed by atoms with E-state index in [1.807, 2.05) is 17.5 Å². The van der Waals surface area contributed by atoms with Gasteiger partial charge < -0.3 is 15.5 Å². The molecule has 0 aliphatic carbocycles. The summed E-state index contributed by atoms with van der Waals surface area (Å²) in [6.07, 6.45) is 0.239. The molecular weight excluding hydrogens is 202 g/mol. The molecular formula is C9H11NO3S. The minimum Gasteiger partial charge on any atom is -0.480 e. The predicted octanol–water partition coefficient (Wildman–Crippen LogP) is 0.382. The van der Waals surface area contributed by atoms with Gasteiger partial charge in [0.15, 0.2) is 0 Å². The fourth-order valence-corrected chi connectivity index (χ4v) is 2.52. The number of carboxylic acids is 1. The van der Waals surface area contributed by atoms with E-state index in [0.29, 0.717) is 6.54 Å². The number of carboxylic acid groups (broad SMARTS) is 1. The third kappa shape index (κ3) is 1.54. The number of nitrogens with one attached hydrogen (secondary N) is 1. The minimum absolute atomic E-state index is 0.239. The molecule has 0 amide bonds. The molecule has 1 aliphatic rings. The summed E-state index contributed by atoms with van der Waals surface area (Å²) in [5.41, 5.74) is -1.00. The van der Waals surface area contributed by atoms with Gasteiger partial charge in [-0.05, 0) is 11.4 Å². The predicted molar refractivity (Wildman–Crippen MR) is 52.3 cm³/mol. The topological polar surface area (TPSA) is 69.6 Å². The molecule has 3 N–H and O–H groups in total. The van der Waals surface area contributed by atoms with Gasteiger partial charge >= 0.3 is 5.97 Å². The molecule has 2 rings (SSSR count). The Hall–Kier alpha value is -0.910. The first kappa shape index (κ1) is 9.64. The molecule has 4 nitrogen and oxygen atoms in total. The normalized spacial score (nSPS) is 31.9. The largest absolute Gasteiger partial charge is 0.480 e. The average molecular weight is 213 g/mol. The summed E-state index contributed by atoms with van der Waals surface area (Å²) in [5, 5.41) is 23.6. The standard InChI is InChI=1S/C9H11NO3S/c11-8(12)6-4-9(13,5-10-6)7-2-1-3-14-7/h1-3,6,10,13H,4-5H2,(H,11,12)/t6-,9?/m0/s1. The second kappa shape index (κ2) is 3.34. The molecule has 2 atom stereocenters. The maximum absolute atomic E-state index is 10.7. The van der Waals surface area contributed by atoms with Gasteiger partial charge in [-0.25, -0.2) is 0 Å². The molecule has 1 saturated heterocycles. The van der Waals surface area contributed by atoms with Crippen molar-refractivity contribution in [3.63, 3.8) is 0 Å². The van der Waals surface area contributed by atoms with Crippen LogP contribution in [0.5, 0.6) is 0 Å². The van der Waals surface area contributed by atoms with E-state index in [1.165, 1.54) is 11.3 Å². The lowest BCUT2D eigenvalue weighted by molar-refractivity contribution is -0.139. The Labute approximate surface area is 85.2 Å². The van der Waals surface area contributed by atoms with Crippen molar-refractivity contribution in [2.75, 3.05) is 6.54 Å². The fraction of sp³-hybridized carbons (Fsp3) is 0.444. The van der Waals surface area contributed by atoms with Crippen LogP contribution in [0.2, 0.25) is 0 Å². The van der Waals surface area contributed by atoms with Gasteiger partial charge in [0.2, 0.25) is 0 Å². The number of aliphatic hydroxyl groups is 1. The van der Waals surface area contributed by atoms with Gasteiger partial charge in [0.1, 0.15) is 11.6 Å². The van der Waals surface area contributed by atoms with Crippen LogP contribution >= 0.6 is 11.3 Å². The number of carbonyl (C=O) groups is 1. The molecule has 0 spiro atoms. The highest BCUT2D eigenvalue weighted by atomic mass is 32.1. The summed E-state index contributed by atoms with van der Waals surface area (Å²) < 4.78 is 0. The first-order chi connectivity index (χ1) is 6.62. The van der Waals surface area contributed by atoms with Crippen LogP contribution in [0.1, 0.15) is 11.3 Å². The summed E-state index contributed by atoms with van der Waals surface area (Å²) >= 11 is 1.45. The van der Waals surface area contributed by atoms with Crippen LogP contribution in [-0.4, -0.2) is 28.8 Å². The van der Waals surface area contributed by atoms with Crippen molar-refractivity contribution in [1.29, 1.82) is 0 Å². The summed E-state index contributed by atoms with van der Waals surface area (Å²) in [5.74, 6) is -0.905. The van der Waals surface area contributed by atoms with Crippen molar-refractivity contribution in [2.24, 2.45) is 0 Å². The van der Waals surface area contributed by atoms with Crippen LogP contribution < -0.4 is 5.32 Å². The maximum Gasteiger partial charge on any atom is 0.320 e. The lowest BCUT2D eigenvalue weighted by Crippen LogP contribution is -2.30. The smallest absolute Gasteiger partial charge is 0.320 e. The Morgan fingerprint density at radius 2 is 2.50 bits per heavy atom. The van der Waals surface area contributed by atoms with Crippen LogP contribution in [-0.2, 0) is 10.4 Å². The average Bonchev–Trinajstić information content (AvgIpc) is 2.71. The highest BCUT2D eigenvalue weighted by Gasteiger charge is 2.42. The van der Waals surface area contributed by atoms with E-state index in [0.717, 1.165) is 4.88 Å². The Morgan fingerprint density at radius 3 is 3.00 bits per heavy atom. The molecule has 1 unspecified atom stereocenters. The summed E-state index contributed by atoms with van der Waals surface area (Å²) in [6, 6.07) is 3.05. The highest BCUT2D eigenvalue weighted by molar-refractivity contribution is 7.10. The summed E-state index contributed by atoms with van der Waals surface area (Å²) in [7, 11) is 0. The Balaban J connectivity index is 2.17. The molecule has 0 saturated carbocycles. The van der Waals surface area contributed by atoms with E-state index < -0.39 is 17.6 Å².